The van der Waals surface area contributed by atoms with E-state index in [9.17, 15) is 50.4 Å². The van der Waals surface area contributed by atoms with Gasteiger partial charge in [-0.1, -0.05) is 48.5 Å². The van der Waals surface area contributed by atoms with Gasteiger partial charge in [-0.3, -0.25) is 17.9 Å². The van der Waals surface area contributed by atoms with Crippen LogP contribution in [0.15, 0.2) is 117 Å². The Morgan fingerprint density at radius 2 is 0.361 bits per heavy atom. The average molecular weight is 1110 g/mol. The van der Waals surface area contributed by atoms with E-state index in [1.165, 1.54) is 22.7 Å². The van der Waals surface area contributed by atoms with Crippen LogP contribution in [0.25, 0.3) is 0 Å². The number of quaternary nitrogens is 4. The SMILES string of the molecule is C[N+](C)(C)c1ccc([S-])cc1.C[N+](C)(C)c1ccc([S-])cc1.C[N+](C)(C)c1ccc([S-])cc1.C[N+](C)(C)c1ccc([S-])cc1.F[P-](F)(F)(F)(F)F.F[P-](F)(F)(F)(F)F.O.O.[Cd+2]. The van der Waals surface area contributed by atoms with Crippen LogP contribution in [0.2, 0.25) is 0 Å². The maximum atomic E-state index is 9.87. The smallest absolute Gasteiger partial charge is 0.412 e. The molecule has 61 heavy (non-hydrogen) atoms. The molecule has 0 aliphatic heterocycles. The second kappa shape index (κ2) is 22.6. The summed E-state index contributed by atoms with van der Waals surface area (Å²) in [4.78, 5) is 3.62. The third-order valence-electron chi connectivity index (χ3n) is 6.45. The van der Waals surface area contributed by atoms with E-state index >= 15 is 0 Å². The number of hydrogen-bond donors (Lipinski definition) is 0. The van der Waals surface area contributed by atoms with Gasteiger partial charge in [0, 0.05) is 0 Å². The van der Waals surface area contributed by atoms with Gasteiger partial charge in [0.1, 0.15) is 22.7 Å². The molecule has 0 atom stereocenters. The minimum absolute atomic E-state index is 0. The molecule has 0 fully saturated rings. The monoisotopic (exact) mass is 1110 g/mol. The quantitative estimate of drug-likeness (QED) is 0.0672. The minimum atomic E-state index is -10.7. The summed E-state index contributed by atoms with van der Waals surface area (Å²) in [6.45, 7) is 0. The fraction of sp³-hybridized carbons (Fsp3) is 0.333. The van der Waals surface area contributed by atoms with E-state index < -0.39 is 15.6 Å². The third kappa shape index (κ3) is 47.8. The summed E-state index contributed by atoms with van der Waals surface area (Å²) in [6.07, 6.45) is 0. The Morgan fingerprint density at radius 3 is 0.426 bits per heavy atom. The molecule has 0 bridgehead atoms. The molecule has 4 aromatic rings. The molecule has 0 spiro atoms. The number of benzene rings is 4. The fourth-order valence-electron chi connectivity index (χ4n) is 3.57. The first kappa shape index (κ1) is 68.5. The third-order valence-corrected chi connectivity index (χ3v) is 7.53. The van der Waals surface area contributed by atoms with E-state index in [0.29, 0.717) is 0 Å². The Balaban J connectivity index is -0.000000206. The van der Waals surface area contributed by atoms with Crippen molar-refractivity contribution in [1.29, 1.82) is 0 Å². The minimum Gasteiger partial charge on any atom is -0.412 e. The van der Waals surface area contributed by atoms with Gasteiger partial charge in [-0.25, -0.2) is 0 Å². The number of rotatable bonds is 4. The largest absolute Gasteiger partial charge is 2.00 e. The molecule has 0 saturated heterocycles. The van der Waals surface area contributed by atoms with Gasteiger partial charge in [-0.2, -0.15) is 19.6 Å². The van der Waals surface area contributed by atoms with Crippen molar-refractivity contribution in [2.45, 2.75) is 19.6 Å². The van der Waals surface area contributed by atoms with Gasteiger partial charge in [0.2, 0.25) is 0 Å². The van der Waals surface area contributed by atoms with E-state index in [-0.39, 0.29) is 38.3 Å². The predicted octanol–water partition coefficient (Wildman–Crippen LogP) is 12.3. The maximum absolute atomic E-state index is 10.7. The van der Waals surface area contributed by atoms with Gasteiger partial charge >= 0.3 is 93.3 Å². The van der Waals surface area contributed by atoms with E-state index in [0.717, 1.165) is 37.5 Å². The average Bonchev–Trinajstić information content (AvgIpc) is 2.94. The Hall–Kier alpha value is -1.54. The van der Waals surface area contributed by atoms with Gasteiger partial charge in [-0.15, -0.1) is 0 Å². The Morgan fingerprint density at radius 1 is 0.279 bits per heavy atom. The van der Waals surface area contributed by atoms with Crippen molar-refractivity contribution in [2.24, 2.45) is 0 Å². The van der Waals surface area contributed by atoms with Crippen molar-refractivity contribution in [1.82, 2.24) is 17.9 Å². The van der Waals surface area contributed by atoms with Crippen LogP contribution in [0.5, 0.6) is 0 Å². The van der Waals surface area contributed by atoms with Crippen LogP contribution in [0.4, 0.5) is 73.1 Å². The molecule has 25 heteroatoms. The van der Waals surface area contributed by atoms with Gasteiger partial charge in [0.15, 0.2) is 0 Å². The summed E-state index contributed by atoms with van der Waals surface area (Å²) >= 11 is 20.0. The molecule has 0 aliphatic rings. The summed E-state index contributed by atoms with van der Waals surface area (Å²) in [6, 6.07) is 32.3. The summed E-state index contributed by atoms with van der Waals surface area (Å²) in [5, 5.41) is 0. The zero-order valence-corrected chi connectivity index (χ0v) is 44.9. The molecule has 4 aromatic carbocycles. The van der Waals surface area contributed by atoms with E-state index in [4.69, 9.17) is 50.5 Å². The first-order chi connectivity index (χ1) is 24.9. The molecule has 0 aliphatic carbocycles. The Kier molecular flexibility index (Phi) is 25.4. The molecular weight excluding hydrogens is 1050 g/mol. The van der Waals surface area contributed by atoms with Crippen LogP contribution in [0.3, 0.4) is 0 Å². The van der Waals surface area contributed by atoms with E-state index in [2.05, 4.69) is 133 Å². The maximum Gasteiger partial charge on any atom is 2.00 e. The molecule has 4 rings (SSSR count). The molecule has 0 unspecified atom stereocenters. The number of nitrogens with zero attached hydrogens (tertiary/aromatic N) is 4. The normalized spacial score (nSPS) is 13.6. The van der Waals surface area contributed by atoms with E-state index in [1.54, 1.807) is 0 Å². The van der Waals surface area contributed by atoms with Crippen LogP contribution in [-0.2, 0) is 77.8 Å². The zero-order valence-electron chi connectivity index (χ0n) is 35.8. The molecule has 352 valence electrons. The van der Waals surface area contributed by atoms with Crippen LogP contribution in [-0.4, -0.2) is 95.5 Å². The summed E-state index contributed by atoms with van der Waals surface area (Å²) < 4.78 is 122. The standard InChI is InChI=1S/4C9H13NS.Cd.2F6P.2H2O/c4*1-10(2,3)8-4-6-9(11)7-5-8;;2*1-7(2,3,4,5)6;;/h4*4-7H,1-3H3;;;;2*1H2/q;;;;+2;2*-1;;. The topological polar surface area (TPSA) is 63.0 Å². The molecule has 0 radical (unpaired) electrons. The first-order valence-corrected chi connectivity index (χ1v) is 22.1. The molecule has 6 nitrogen and oxygen atoms in total. The van der Waals surface area contributed by atoms with Gasteiger partial charge in [0.25, 0.3) is 0 Å². The molecule has 4 N–H and O–H groups in total. The summed E-state index contributed by atoms with van der Waals surface area (Å²) in [5.41, 5.74) is 5.11. The van der Waals surface area contributed by atoms with Crippen LogP contribution >= 0.6 is 15.6 Å². The van der Waals surface area contributed by atoms with Crippen molar-refractivity contribution in [3.05, 3.63) is 97.1 Å². The van der Waals surface area contributed by atoms with Crippen molar-refractivity contribution < 1.29 is 88.6 Å². The van der Waals surface area contributed by atoms with Crippen molar-refractivity contribution >= 4 is 88.9 Å². The molecule has 0 heterocycles. The van der Waals surface area contributed by atoms with Crippen LogP contribution < -0.4 is 17.9 Å². The molecular formula is C36H56CdF12N4O2P2S4. The van der Waals surface area contributed by atoms with Gasteiger partial charge in [0.05, 0.1) is 84.6 Å². The number of hydrogen-bond acceptors (Lipinski definition) is 4. The summed E-state index contributed by atoms with van der Waals surface area (Å²) in [7, 11) is 4.33. The molecule has 0 aromatic heterocycles. The second-order valence-corrected chi connectivity index (χ2v) is 21.7. The molecule has 0 amide bonds. The first-order valence-electron chi connectivity index (χ1n) is 16.4. The van der Waals surface area contributed by atoms with Crippen molar-refractivity contribution in [3.63, 3.8) is 0 Å². The predicted molar refractivity (Wildman–Crippen MR) is 241 cm³/mol. The zero-order chi connectivity index (χ0) is 46.7. The molecule has 0 saturated carbocycles. The van der Waals surface area contributed by atoms with Gasteiger partial charge < -0.3 is 61.5 Å². The van der Waals surface area contributed by atoms with Crippen LogP contribution in [0, 0.1) is 0 Å². The number of halogens is 12. The second-order valence-electron chi connectivity index (χ2n) is 15.9. The van der Waals surface area contributed by atoms with Gasteiger partial charge in [-0.05, 0) is 48.5 Å². The fourth-order valence-corrected chi connectivity index (χ4v) is 4.12. The Bertz CT molecular complexity index is 1590. The van der Waals surface area contributed by atoms with E-state index in [1.807, 2.05) is 48.5 Å². The van der Waals surface area contributed by atoms with Crippen molar-refractivity contribution in [3.8, 4) is 0 Å². The summed E-state index contributed by atoms with van der Waals surface area (Å²) in [5.74, 6) is 0. The Labute approximate surface area is 394 Å². The van der Waals surface area contributed by atoms with Crippen LogP contribution in [0.1, 0.15) is 0 Å². The van der Waals surface area contributed by atoms with Crippen molar-refractivity contribution in [2.75, 3.05) is 84.6 Å².